The van der Waals surface area contributed by atoms with Crippen LogP contribution in [-0.2, 0) is 19.1 Å². The molecule has 0 spiro atoms. The van der Waals surface area contributed by atoms with Gasteiger partial charge in [0, 0.05) is 25.4 Å². The maximum absolute atomic E-state index is 11.7. The summed E-state index contributed by atoms with van der Waals surface area (Å²) in [6, 6.07) is -1.54. The molecule has 0 saturated carbocycles. The standard InChI is InChI=1S/C14H25N3O5S/c1-10(18)16-12(13(19)20)9-23-8-5-11(14(21)22-4)15-6-7-17(2)3/h6,11-12H,5,7-9H2,1-4H3,(H,16,18)(H,19,20). The number of esters is 1. The van der Waals surface area contributed by atoms with Crippen molar-refractivity contribution in [3.05, 3.63) is 0 Å². The second-order valence-electron chi connectivity index (χ2n) is 5.09. The Balaban J connectivity index is 4.34. The van der Waals surface area contributed by atoms with Gasteiger partial charge in [-0.3, -0.25) is 9.79 Å². The molecular formula is C14H25N3O5S. The second-order valence-corrected chi connectivity index (χ2v) is 6.24. The third-order valence-corrected chi connectivity index (χ3v) is 3.79. The van der Waals surface area contributed by atoms with Crippen LogP contribution in [-0.4, -0.2) is 85.4 Å². The molecule has 0 rings (SSSR count). The number of carbonyl (C=O) groups is 3. The van der Waals surface area contributed by atoms with Crippen LogP contribution in [0.4, 0.5) is 0 Å². The topological polar surface area (TPSA) is 108 Å². The number of amides is 1. The monoisotopic (exact) mass is 347 g/mol. The molecule has 9 heteroatoms. The highest BCUT2D eigenvalue weighted by molar-refractivity contribution is 7.99. The van der Waals surface area contributed by atoms with E-state index in [2.05, 4.69) is 10.3 Å². The van der Waals surface area contributed by atoms with Crippen LogP contribution in [0.15, 0.2) is 4.99 Å². The smallest absolute Gasteiger partial charge is 0.330 e. The number of methoxy groups -OCH3 is 1. The van der Waals surface area contributed by atoms with Gasteiger partial charge in [0.25, 0.3) is 0 Å². The van der Waals surface area contributed by atoms with E-state index in [1.165, 1.54) is 25.8 Å². The number of nitrogens with one attached hydrogen (secondary N) is 1. The van der Waals surface area contributed by atoms with Crippen LogP contribution in [0.2, 0.25) is 0 Å². The lowest BCUT2D eigenvalue weighted by Gasteiger charge is -2.14. The van der Waals surface area contributed by atoms with E-state index in [1.54, 1.807) is 6.21 Å². The molecule has 0 aliphatic heterocycles. The molecule has 8 nitrogen and oxygen atoms in total. The molecule has 0 aromatic heterocycles. The predicted molar refractivity (Wildman–Crippen MR) is 90.0 cm³/mol. The highest BCUT2D eigenvalue weighted by Crippen LogP contribution is 2.10. The Kier molecular flexibility index (Phi) is 11.1. The van der Waals surface area contributed by atoms with Crippen molar-refractivity contribution < 1.29 is 24.2 Å². The average molecular weight is 347 g/mol. The van der Waals surface area contributed by atoms with Gasteiger partial charge in [0.15, 0.2) is 0 Å². The molecule has 2 N–H and O–H groups in total. The number of thioether (sulfide) groups is 1. The number of ether oxygens (including phenoxy) is 1. The van der Waals surface area contributed by atoms with Gasteiger partial charge in [-0.25, -0.2) is 9.59 Å². The molecule has 1 amide bonds. The largest absolute Gasteiger partial charge is 0.480 e. The predicted octanol–water partition coefficient (Wildman–Crippen LogP) is -0.127. The molecule has 0 radical (unpaired) electrons. The van der Waals surface area contributed by atoms with Crippen LogP contribution in [0.5, 0.6) is 0 Å². The second kappa shape index (κ2) is 11.9. The molecule has 0 aromatic carbocycles. The number of carbonyl (C=O) groups excluding carboxylic acids is 2. The number of aliphatic imine (C=N–C) groups is 1. The van der Waals surface area contributed by atoms with Crippen molar-refractivity contribution in [1.82, 2.24) is 10.2 Å². The highest BCUT2D eigenvalue weighted by atomic mass is 32.2. The van der Waals surface area contributed by atoms with Gasteiger partial charge in [0.1, 0.15) is 12.1 Å². The molecule has 0 saturated heterocycles. The summed E-state index contributed by atoms with van der Waals surface area (Å²) in [6.07, 6.45) is 2.09. The van der Waals surface area contributed by atoms with E-state index in [-0.39, 0.29) is 5.75 Å². The molecule has 23 heavy (non-hydrogen) atoms. The van der Waals surface area contributed by atoms with Crippen molar-refractivity contribution in [1.29, 1.82) is 0 Å². The van der Waals surface area contributed by atoms with Crippen molar-refractivity contribution in [2.24, 2.45) is 4.99 Å². The van der Waals surface area contributed by atoms with Crippen LogP contribution >= 0.6 is 11.8 Å². The summed E-state index contributed by atoms with van der Waals surface area (Å²) in [7, 11) is 5.09. The minimum absolute atomic E-state index is 0.226. The number of rotatable bonds is 11. The van der Waals surface area contributed by atoms with Crippen molar-refractivity contribution in [2.75, 3.05) is 39.3 Å². The first-order chi connectivity index (χ1) is 10.8. The first-order valence-corrected chi connectivity index (χ1v) is 8.25. The van der Waals surface area contributed by atoms with Gasteiger partial charge in [-0.05, 0) is 26.3 Å². The lowest BCUT2D eigenvalue weighted by Crippen LogP contribution is -2.41. The maximum atomic E-state index is 11.7. The van der Waals surface area contributed by atoms with E-state index < -0.39 is 29.9 Å². The van der Waals surface area contributed by atoms with E-state index in [0.717, 1.165) is 0 Å². The molecule has 2 atom stereocenters. The fraction of sp³-hybridized carbons (Fsp3) is 0.714. The third kappa shape index (κ3) is 10.7. The summed E-state index contributed by atoms with van der Waals surface area (Å²) in [5.41, 5.74) is 0. The van der Waals surface area contributed by atoms with Gasteiger partial charge < -0.3 is 20.1 Å². The molecule has 0 bridgehead atoms. The van der Waals surface area contributed by atoms with Gasteiger partial charge >= 0.3 is 11.9 Å². The Morgan fingerprint density at radius 1 is 1.39 bits per heavy atom. The van der Waals surface area contributed by atoms with Crippen LogP contribution in [0, 0.1) is 0 Å². The number of aliphatic carboxylic acids is 1. The number of hydrogen-bond donors (Lipinski definition) is 2. The lowest BCUT2D eigenvalue weighted by molar-refractivity contribution is -0.142. The summed E-state index contributed by atoms with van der Waals surface area (Å²) in [5, 5.41) is 11.4. The fourth-order valence-electron chi connectivity index (χ4n) is 1.54. The quantitative estimate of drug-likeness (QED) is 0.304. The Morgan fingerprint density at radius 2 is 2.04 bits per heavy atom. The van der Waals surface area contributed by atoms with E-state index >= 15 is 0 Å². The van der Waals surface area contributed by atoms with Crippen molar-refractivity contribution in [2.45, 2.75) is 25.4 Å². The van der Waals surface area contributed by atoms with E-state index in [1.807, 2.05) is 19.0 Å². The van der Waals surface area contributed by atoms with Crippen LogP contribution in [0.25, 0.3) is 0 Å². The van der Waals surface area contributed by atoms with Crippen molar-refractivity contribution in [3.63, 3.8) is 0 Å². The Labute approximate surface area is 140 Å². The number of carboxylic acid groups (broad SMARTS) is 1. The highest BCUT2D eigenvalue weighted by Gasteiger charge is 2.20. The van der Waals surface area contributed by atoms with E-state index in [0.29, 0.717) is 18.7 Å². The van der Waals surface area contributed by atoms with Gasteiger partial charge in [0.2, 0.25) is 5.91 Å². The summed E-state index contributed by atoms with van der Waals surface area (Å²) < 4.78 is 4.71. The number of nitrogens with zero attached hydrogens (tertiary/aromatic N) is 2. The molecule has 0 aliphatic rings. The maximum Gasteiger partial charge on any atom is 0.330 e. The molecule has 0 aliphatic carbocycles. The number of carboxylic acids is 1. The lowest BCUT2D eigenvalue weighted by atomic mass is 10.2. The summed E-state index contributed by atoms with van der Waals surface area (Å²) in [5.74, 6) is -1.13. The van der Waals surface area contributed by atoms with Crippen LogP contribution in [0.3, 0.4) is 0 Å². The van der Waals surface area contributed by atoms with Gasteiger partial charge in [-0.1, -0.05) is 0 Å². The summed E-state index contributed by atoms with van der Waals surface area (Å²) in [4.78, 5) is 39.7. The Hall–Kier alpha value is -1.61. The van der Waals surface area contributed by atoms with Crippen LogP contribution in [0.1, 0.15) is 13.3 Å². The van der Waals surface area contributed by atoms with Crippen molar-refractivity contribution in [3.8, 4) is 0 Å². The zero-order chi connectivity index (χ0) is 17.8. The van der Waals surface area contributed by atoms with Gasteiger partial charge in [-0.15, -0.1) is 0 Å². The Morgan fingerprint density at radius 3 is 2.52 bits per heavy atom. The molecule has 2 unspecified atom stereocenters. The van der Waals surface area contributed by atoms with Gasteiger partial charge in [0.05, 0.1) is 7.11 Å². The first kappa shape index (κ1) is 21.4. The summed E-state index contributed by atoms with van der Waals surface area (Å²) >= 11 is 1.34. The number of hydrogen-bond acceptors (Lipinski definition) is 7. The molecule has 0 heterocycles. The normalized spacial score (nSPS) is 13.8. The summed E-state index contributed by atoms with van der Waals surface area (Å²) in [6.45, 7) is 1.89. The fourth-order valence-corrected chi connectivity index (χ4v) is 2.56. The van der Waals surface area contributed by atoms with E-state index in [9.17, 15) is 14.4 Å². The molecule has 0 fully saturated rings. The SMILES string of the molecule is COC(=O)C(CCSCC(NC(C)=O)C(=O)O)N=CCN(C)C. The molecular weight excluding hydrogens is 322 g/mol. The minimum Gasteiger partial charge on any atom is -0.480 e. The Bertz CT molecular complexity index is 429. The van der Waals surface area contributed by atoms with Crippen LogP contribution < -0.4 is 5.32 Å². The average Bonchev–Trinajstić information content (AvgIpc) is 2.46. The van der Waals surface area contributed by atoms with E-state index in [4.69, 9.17) is 9.84 Å². The first-order valence-electron chi connectivity index (χ1n) is 7.09. The van der Waals surface area contributed by atoms with Crippen molar-refractivity contribution >= 4 is 35.8 Å². The van der Waals surface area contributed by atoms with Gasteiger partial charge in [-0.2, -0.15) is 11.8 Å². The third-order valence-electron chi connectivity index (χ3n) is 2.70. The zero-order valence-corrected chi connectivity index (χ0v) is 14.8. The zero-order valence-electron chi connectivity index (χ0n) is 13.9. The molecule has 132 valence electrons. The minimum atomic E-state index is -1.08. The molecule has 0 aromatic rings.